The van der Waals surface area contributed by atoms with E-state index in [2.05, 4.69) is 43.3 Å². The van der Waals surface area contributed by atoms with Gasteiger partial charge in [-0.15, -0.1) is 0 Å². The molecular weight excluding hydrogens is 326 g/mol. The molecule has 0 spiro atoms. The third-order valence-electron chi connectivity index (χ3n) is 6.91. The summed E-state index contributed by atoms with van der Waals surface area (Å²) in [7, 11) is 0. The van der Waals surface area contributed by atoms with E-state index in [0.29, 0.717) is 0 Å². The zero-order valence-electron chi connectivity index (χ0n) is 16.9. The van der Waals surface area contributed by atoms with Gasteiger partial charge in [0.1, 0.15) is 0 Å². The van der Waals surface area contributed by atoms with E-state index in [1.807, 2.05) is 12.1 Å². The van der Waals surface area contributed by atoms with Crippen LogP contribution in [0.5, 0.6) is 0 Å². The van der Waals surface area contributed by atoms with Crippen molar-refractivity contribution in [2.75, 3.05) is 0 Å². The van der Waals surface area contributed by atoms with E-state index in [1.54, 1.807) is 11.6 Å². The zero-order chi connectivity index (χ0) is 18.9. The summed E-state index contributed by atoms with van der Waals surface area (Å²) in [5.74, 6) is 3.44. The lowest BCUT2D eigenvalue weighted by atomic mass is 9.68. The first-order chi connectivity index (χ1) is 13.3. The highest BCUT2D eigenvalue weighted by atomic mass is 14.4. The predicted molar refractivity (Wildman–Crippen MR) is 114 cm³/mol. The van der Waals surface area contributed by atoms with Crippen LogP contribution >= 0.6 is 0 Å². The molecule has 144 valence electrons. The molecule has 2 saturated carbocycles. The van der Waals surface area contributed by atoms with Crippen molar-refractivity contribution in [3.8, 4) is 6.07 Å². The summed E-state index contributed by atoms with van der Waals surface area (Å²) < 4.78 is 0. The number of aryl methyl sites for hydroxylation is 1. The molecule has 0 aromatic heterocycles. The average Bonchev–Trinajstić information content (AvgIpc) is 2.73. The van der Waals surface area contributed by atoms with Crippen LogP contribution in [0.4, 0.5) is 0 Å². The van der Waals surface area contributed by atoms with Crippen LogP contribution in [0.25, 0.3) is 0 Å². The van der Waals surface area contributed by atoms with Crippen molar-refractivity contribution in [1.29, 1.82) is 5.26 Å². The van der Waals surface area contributed by atoms with Crippen LogP contribution < -0.4 is 0 Å². The molecule has 0 N–H and O–H groups in total. The topological polar surface area (TPSA) is 23.8 Å². The highest BCUT2D eigenvalue weighted by Gasteiger charge is 2.30. The monoisotopic (exact) mass is 361 g/mol. The van der Waals surface area contributed by atoms with E-state index < -0.39 is 0 Å². The Morgan fingerprint density at radius 3 is 2.11 bits per heavy atom. The Kier molecular flexibility index (Phi) is 7.76. The summed E-state index contributed by atoms with van der Waals surface area (Å²) in [4.78, 5) is 0. The van der Waals surface area contributed by atoms with Crippen LogP contribution in [0.3, 0.4) is 0 Å². The Hall–Kier alpha value is -1.81. The van der Waals surface area contributed by atoms with E-state index >= 15 is 0 Å². The first-order valence-electron chi connectivity index (χ1n) is 11.1. The third kappa shape index (κ3) is 5.83. The molecule has 1 heteroatoms. The third-order valence-corrected chi connectivity index (χ3v) is 6.91. The molecule has 0 aliphatic heterocycles. The molecule has 0 atom stereocenters. The van der Waals surface area contributed by atoms with Gasteiger partial charge in [0, 0.05) is 6.08 Å². The lowest BCUT2D eigenvalue weighted by Crippen LogP contribution is -2.25. The molecule has 0 amide bonds. The molecule has 0 unspecified atom stereocenters. The van der Waals surface area contributed by atoms with E-state index in [4.69, 9.17) is 5.26 Å². The Balaban J connectivity index is 1.42. The normalized spacial score (nSPS) is 29.2. The maximum atomic E-state index is 8.54. The molecule has 1 nitrogen and oxygen atoms in total. The van der Waals surface area contributed by atoms with Crippen molar-refractivity contribution < 1.29 is 0 Å². The summed E-state index contributed by atoms with van der Waals surface area (Å²) in [6.45, 7) is 2.25. The smallest absolute Gasteiger partial charge is 0.0912 e. The number of hydrogen-bond acceptors (Lipinski definition) is 1. The molecule has 0 bridgehead atoms. The van der Waals surface area contributed by atoms with Gasteiger partial charge in [0.25, 0.3) is 0 Å². The van der Waals surface area contributed by atoms with Crippen molar-refractivity contribution >= 4 is 0 Å². The Bertz CT molecular complexity index is 644. The van der Waals surface area contributed by atoms with Crippen molar-refractivity contribution in [3.05, 3.63) is 59.7 Å². The summed E-state index contributed by atoms with van der Waals surface area (Å²) >= 11 is 0. The number of nitriles is 1. The van der Waals surface area contributed by atoms with Crippen molar-refractivity contribution in [1.82, 2.24) is 0 Å². The first-order valence-corrected chi connectivity index (χ1v) is 11.1. The van der Waals surface area contributed by atoms with Gasteiger partial charge in [-0.1, -0.05) is 55.8 Å². The number of hydrogen-bond donors (Lipinski definition) is 0. The van der Waals surface area contributed by atoms with E-state index in [1.165, 1.54) is 69.8 Å². The standard InChI is InChI=1S/C26H35N/c1-2-6-21-8-12-23(13-9-21)25-16-18-26(19-17-25)24-14-10-22(11-15-24)7-4-3-5-20-27/h3-5,7-9,12-13,22,24-26H,2,6,10-11,14-19H2,1H3. The number of benzene rings is 1. The van der Waals surface area contributed by atoms with Crippen molar-refractivity contribution in [3.63, 3.8) is 0 Å². The number of rotatable bonds is 6. The van der Waals surface area contributed by atoms with Crippen LogP contribution in [0, 0.1) is 29.1 Å². The minimum absolute atomic E-state index is 0.725. The van der Waals surface area contributed by atoms with Gasteiger partial charge in [-0.05, 0) is 92.6 Å². The van der Waals surface area contributed by atoms with Crippen LogP contribution in [0.15, 0.2) is 48.6 Å². The van der Waals surface area contributed by atoms with Gasteiger partial charge in [0.15, 0.2) is 0 Å². The summed E-state index contributed by atoms with van der Waals surface area (Å²) in [6.07, 6.45) is 21.3. The molecule has 1 aromatic rings. The van der Waals surface area contributed by atoms with E-state index in [0.717, 1.165) is 23.7 Å². The van der Waals surface area contributed by atoms with E-state index in [-0.39, 0.29) is 0 Å². The van der Waals surface area contributed by atoms with Crippen LogP contribution in [0.1, 0.15) is 81.8 Å². The van der Waals surface area contributed by atoms with Gasteiger partial charge in [-0.3, -0.25) is 0 Å². The summed E-state index contributed by atoms with van der Waals surface area (Å²) in [6, 6.07) is 11.5. The predicted octanol–water partition coefficient (Wildman–Crippen LogP) is 7.36. The lowest BCUT2D eigenvalue weighted by Gasteiger charge is -2.37. The lowest BCUT2D eigenvalue weighted by molar-refractivity contribution is 0.171. The molecule has 3 rings (SSSR count). The largest absolute Gasteiger partial charge is 0.193 e. The average molecular weight is 362 g/mol. The number of allylic oxidation sites excluding steroid dienone is 4. The van der Waals surface area contributed by atoms with Crippen molar-refractivity contribution in [2.24, 2.45) is 17.8 Å². The fraction of sp³-hybridized carbons (Fsp3) is 0.577. The second kappa shape index (κ2) is 10.5. The molecule has 2 aliphatic rings. The maximum absolute atomic E-state index is 8.54. The maximum Gasteiger partial charge on any atom is 0.0912 e. The Morgan fingerprint density at radius 1 is 0.889 bits per heavy atom. The second-order valence-corrected chi connectivity index (χ2v) is 8.65. The van der Waals surface area contributed by atoms with Gasteiger partial charge in [-0.2, -0.15) is 5.26 Å². The molecular formula is C26H35N. The van der Waals surface area contributed by atoms with Gasteiger partial charge >= 0.3 is 0 Å². The quantitative estimate of drug-likeness (QED) is 0.383. The highest BCUT2D eigenvalue weighted by Crippen LogP contribution is 2.44. The summed E-state index contributed by atoms with van der Waals surface area (Å²) in [5, 5.41) is 8.54. The minimum atomic E-state index is 0.725. The highest BCUT2D eigenvalue weighted by molar-refractivity contribution is 5.26. The zero-order valence-corrected chi connectivity index (χ0v) is 16.9. The summed E-state index contributed by atoms with van der Waals surface area (Å²) in [5.41, 5.74) is 3.07. The van der Waals surface area contributed by atoms with Crippen LogP contribution in [0.2, 0.25) is 0 Å². The second-order valence-electron chi connectivity index (χ2n) is 8.65. The molecule has 27 heavy (non-hydrogen) atoms. The van der Waals surface area contributed by atoms with Crippen molar-refractivity contribution in [2.45, 2.75) is 77.0 Å². The molecule has 1 aromatic carbocycles. The molecule has 0 saturated heterocycles. The molecule has 0 radical (unpaired) electrons. The van der Waals surface area contributed by atoms with E-state index in [9.17, 15) is 0 Å². The Morgan fingerprint density at radius 2 is 1.52 bits per heavy atom. The van der Waals surface area contributed by atoms with Gasteiger partial charge in [0.2, 0.25) is 0 Å². The minimum Gasteiger partial charge on any atom is -0.193 e. The Labute approximate surface area is 166 Å². The SMILES string of the molecule is CCCc1ccc(C2CCC(C3CCC(C=CC=CC#N)CC3)CC2)cc1. The van der Waals surface area contributed by atoms with Crippen LogP contribution in [-0.4, -0.2) is 0 Å². The first kappa shape index (κ1) is 19.9. The molecule has 2 fully saturated rings. The fourth-order valence-electron chi connectivity index (χ4n) is 5.30. The number of nitrogens with zero attached hydrogens (tertiary/aromatic N) is 1. The van der Waals surface area contributed by atoms with Gasteiger partial charge in [0.05, 0.1) is 6.07 Å². The fourth-order valence-corrected chi connectivity index (χ4v) is 5.30. The van der Waals surface area contributed by atoms with Crippen LogP contribution in [-0.2, 0) is 6.42 Å². The molecule has 2 aliphatic carbocycles. The van der Waals surface area contributed by atoms with Gasteiger partial charge in [-0.25, -0.2) is 0 Å². The van der Waals surface area contributed by atoms with Gasteiger partial charge < -0.3 is 0 Å². The molecule has 0 heterocycles.